The standard InChI is InChI=1S/C7H6O5.Sc/c8-4-1-3(7(11)12)2-5(9)6(4)10;/h1-2,8-10H,(H,11,12);. The molecule has 0 aliphatic carbocycles. The first-order valence-corrected chi connectivity index (χ1v) is 3.00. The number of hydrogen-bond acceptors (Lipinski definition) is 4. The van der Waals surface area contributed by atoms with Crippen LogP contribution in [0.2, 0.25) is 0 Å². The molecule has 1 radical (unpaired) electrons. The van der Waals surface area contributed by atoms with Crippen molar-refractivity contribution in [3.05, 3.63) is 17.7 Å². The fourth-order valence-corrected chi connectivity index (χ4v) is 0.728. The molecule has 0 aromatic heterocycles. The van der Waals surface area contributed by atoms with Crippen molar-refractivity contribution in [2.75, 3.05) is 0 Å². The summed E-state index contributed by atoms with van der Waals surface area (Å²) in [7, 11) is 0. The van der Waals surface area contributed by atoms with E-state index in [2.05, 4.69) is 0 Å². The molecule has 0 saturated heterocycles. The summed E-state index contributed by atoms with van der Waals surface area (Å²) < 4.78 is 0. The van der Waals surface area contributed by atoms with E-state index < -0.39 is 23.2 Å². The Morgan fingerprint density at radius 2 is 1.46 bits per heavy atom. The average Bonchev–Trinajstić information content (AvgIpc) is 1.99. The molecule has 0 bridgehead atoms. The summed E-state index contributed by atoms with van der Waals surface area (Å²) >= 11 is 0. The maximum absolute atomic E-state index is 10.3. The second kappa shape index (κ2) is 4.27. The minimum absolute atomic E-state index is 0. The van der Waals surface area contributed by atoms with Crippen molar-refractivity contribution in [1.82, 2.24) is 0 Å². The van der Waals surface area contributed by atoms with E-state index in [-0.39, 0.29) is 31.4 Å². The van der Waals surface area contributed by atoms with E-state index in [4.69, 9.17) is 20.4 Å². The van der Waals surface area contributed by atoms with Gasteiger partial charge in [-0.15, -0.1) is 0 Å². The summed E-state index contributed by atoms with van der Waals surface area (Å²) in [6, 6.07) is 1.69. The number of hydrogen-bond donors (Lipinski definition) is 4. The molecule has 1 aromatic carbocycles. The third-order valence-corrected chi connectivity index (χ3v) is 1.32. The van der Waals surface area contributed by atoms with E-state index in [0.29, 0.717) is 0 Å². The van der Waals surface area contributed by atoms with Gasteiger partial charge in [0.1, 0.15) is 0 Å². The molecule has 13 heavy (non-hydrogen) atoms. The summed E-state index contributed by atoms with van der Waals surface area (Å²) in [4.78, 5) is 10.3. The number of carboxylic acid groups (broad SMARTS) is 1. The van der Waals surface area contributed by atoms with Gasteiger partial charge >= 0.3 is 5.97 Å². The smallest absolute Gasteiger partial charge is 0.335 e. The van der Waals surface area contributed by atoms with E-state index in [0.717, 1.165) is 12.1 Å². The SMILES string of the molecule is O=C(O)c1cc(O)c(O)c(O)c1.[Sc]. The normalized spacial score (nSPS) is 8.92. The zero-order valence-corrected chi connectivity index (χ0v) is 8.23. The Labute approximate surface area is 92.0 Å². The van der Waals surface area contributed by atoms with Crippen LogP contribution in [0, 0.1) is 0 Å². The Morgan fingerprint density at radius 3 is 1.77 bits per heavy atom. The predicted octanol–water partition coefficient (Wildman–Crippen LogP) is 0.499. The molecule has 0 amide bonds. The van der Waals surface area contributed by atoms with Crippen LogP contribution in [-0.4, -0.2) is 26.4 Å². The van der Waals surface area contributed by atoms with E-state index in [1.54, 1.807) is 0 Å². The molecule has 5 nitrogen and oxygen atoms in total. The Kier molecular flexibility index (Phi) is 3.93. The zero-order chi connectivity index (χ0) is 9.30. The van der Waals surface area contributed by atoms with Gasteiger partial charge in [-0.3, -0.25) is 0 Å². The molecule has 67 valence electrons. The van der Waals surface area contributed by atoms with Crippen LogP contribution >= 0.6 is 0 Å². The second-order valence-electron chi connectivity index (χ2n) is 2.17. The molecule has 4 N–H and O–H groups in total. The molecule has 6 heteroatoms. The van der Waals surface area contributed by atoms with Crippen molar-refractivity contribution in [2.24, 2.45) is 0 Å². The third-order valence-electron chi connectivity index (χ3n) is 1.32. The molecule has 0 atom stereocenters. The predicted molar refractivity (Wildman–Crippen MR) is 38.4 cm³/mol. The van der Waals surface area contributed by atoms with Crippen LogP contribution in [0.15, 0.2) is 12.1 Å². The summed E-state index contributed by atoms with van der Waals surface area (Å²) in [5.74, 6) is -3.33. The van der Waals surface area contributed by atoms with Crippen molar-refractivity contribution in [2.45, 2.75) is 0 Å². The van der Waals surface area contributed by atoms with E-state index in [9.17, 15) is 4.79 Å². The molecule has 0 saturated carbocycles. The van der Waals surface area contributed by atoms with Gasteiger partial charge in [0, 0.05) is 25.8 Å². The van der Waals surface area contributed by atoms with Crippen LogP contribution in [0.25, 0.3) is 0 Å². The third kappa shape index (κ3) is 2.45. The molecule has 0 spiro atoms. The zero-order valence-electron chi connectivity index (χ0n) is 6.43. The largest absolute Gasteiger partial charge is 0.504 e. The number of carboxylic acids is 1. The van der Waals surface area contributed by atoms with Crippen LogP contribution in [0.3, 0.4) is 0 Å². The number of aromatic hydroxyl groups is 3. The summed E-state index contributed by atoms with van der Waals surface area (Å²) in [5.41, 5.74) is -0.289. The molecule has 1 rings (SSSR count). The van der Waals surface area contributed by atoms with Crippen LogP contribution in [0.4, 0.5) is 0 Å². The van der Waals surface area contributed by atoms with Crippen molar-refractivity contribution >= 4 is 5.97 Å². The number of benzene rings is 1. The molecule has 0 fully saturated rings. The number of phenolic OH excluding ortho intramolecular Hbond substituents is 3. The van der Waals surface area contributed by atoms with Gasteiger partial charge in [-0.2, -0.15) is 0 Å². The first-order valence-electron chi connectivity index (χ1n) is 3.00. The maximum atomic E-state index is 10.3. The van der Waals surface area contributed by atoms with E-state index in [1.165, 1.54) is 0 Å². The second-order valence-corrected chi connectivity index (χ2v) is 2.17. The monoisotopic (exact) mass is 215 g/mol. The Hall–Kier alpha value is -1.04. The van der Waals surface area contributed by atoms with Gasteiger partial charge in [-0.25, -0.2) is 4.79 Å². The molecule has 0 aliphatic rings. The topological polar surface area (TPSA) is 98.0 Å². The molecular weight excluding hydrogens is 209 g/mol. The van der Waals surface area contributed by atoms with Gasteiger partial charge in [0.2, 0.25) is 0 Å². The van der Waals surface area contributed by atoms with Crippen LogP contribution in [0.5, 0.6) is 17.2 Å². The van der Waals surface area contributed by atoms with Crippen molar-refractivity contribution in [3.8, 4) is 17.2 Å². The fraction of sp³-hybridized carbons (Fsp3) is 0. The first kappa shape index (κ1) is 12.0. The Bertz CT molecular complexity index is 313. The number of carbonyl (C=O) groups is 1. The Morgan fingerprint density at radius 1 is 1.08 bits per heavy atom. The van der Waals surface area contributed by atoms with Crippen molar-refractivity contribution < 1.29 is 51.1 Å². The molecule has 0 unspecified atom stereocenters. The number of phenols is 3. The van der Waals surface area contributed by atoms with Gasteiger partial charge in [0.05, 0.1) is 5.56 Å². The van der Waals surface area contributed by atoms with Gasteiger partial charge in [0.15, 0.2) is 17.2 Å². The van der Waals surface area contributed by atoms with Gasteiger partial charge in [-0.1, -0.05) is 0 Å². The van der Waals surface area contributed by atoms with Gasteiger partial charge < -0.3 is 20.4 Å². The molecule has 0 heterocycles. The summed E-state index contributed by atoms with van der Waals surface area (Å²) in [6.07, 6.45) is 0. The fourth-order valence-electron chi connectivity index (χ4n) is 0.728. The van der Waals surface area contributed by atoms with Gasteiger partial charge in [-0.05, 0) is 12.1 Å². The van der Waals surface area contributed by atoms with Crippen LogP contribution in [0.1, 0.15) is 10.4 Å². The quantitative estimate of drug-likeness (QED) is 0.511. The van der Waals surface area contributed by atoms with Gasteiger partial charge in [0.25, 0.3) is 0 Å². The maximum Gasteiger partial charge on any atom is 0.335 e. The van der Waals surface area contributed by atoms with E-state index >= 15 is 0 Å². The van der Waals surface area contributed by atoms with Crippen LogP contribution < -0.4 is 0 Å². The average molecular weight is 215 g/mol. The first-order chi connectivity index (χ1) is 5.52. The van der Waals surface area contributed by atoms with Crippen molar-refractivity contribution in [1.29, 1.82) is 0 Å². The summed E-state index contributed by atoms with van der Waals surface area (Å²) in [6.45, 7) is 0. The number of aromatic carboxylic acids is 1. The number of rotatable bonds is 1. The van der Waals surface area contributed by atoms with E-state index in [1.807, 2.05) is 0 Å². The molecule has 1 aromatic rings. The Balaban J connectivity index is 0.00000144. The molecular formula is C7H6O5Sc. The van der Waals surface area contributed by atoms with Crippen molar-refractivity contribution in [3.63, 3.8) is 0 Å². The minimum atomic E-state index is -1.29. The minimum Gasteiger partial charge on any atom is -0.504 e. The molecule has 0 aliphatic heterocycles. The summed E-state index contributed by atoms with van der Waals surface area (Å²) in [5, 5.41) is 35.0. The van der Waals surface area contributed by atoms with Crippen LogP contribution in [-0.2, 0) is 25.8 Å².